The van der Waals surface area contributed by atoms with Crippen LogP contribution in [0, 0.1) is 9.39 Å². The average molecular weight is 415 g/mol. The zero-order valence-corrected chi connectivity index (χ0v) is 14.3. The van der Waals surface area contributed by atoms with Gasteiger partial charge in [0.15, 0.2) is 0 Å². The van der Waals surface area contributed by atoms with E-state index >= 15 is 0 Å². The van der Waals surface area contributed by atoms with Crippen LogP contribution in [0.1, 0.15) is 24.4 Å². The van der Waals surface area contributed by atoms with Crippen molar-refractivity contribution in [1.82, 2.24) is 9.55 Å². The van der Waals surface area contributed by atoms with Crippen LogP contribution in [-0.2, 0) is 5.88 Å². The first kappa shape index (κ1) is 14.8. The van der Waals surface area contributed by atoms with E-state index in [1.807, 2.05) is 35.8 Å². The Balaban J connectivity index is 2.21. The highest BCUT2D eigenvalue weighted by Gasteiger charge is 2.19. The van der Waals surface area contributed by atoms with Gasteiger partial charge in [0, 0.05) is 9.13 Å². The Morgan fingerprint density at radius 1 is 1.29 bits per heavy atom. The number of hydrogen-bond donors (Lipinski definition) is 0. The zero-order chi connectivity index (χ0) is 15.0. The van der Waals surface area contributed by atoms with Crippen molar-refractivity contribution in [3.63, 3.8) is 0 Å². The molecule has 5 heteroatoms. The second kappa shape index (κ2) is 5.93. The Morgan fingerprint density at radius 2 is 2.05 bits per heavy atom. The molecule has 0 radical (unpaired) electrons. The van der Waals surface area contributed by atoms with Crippen LogP contribution in [-0.4, -0.2) is 9.55 Å². The molecule has 0 N–H and O–H groups in total. The fourth-order valence-corrected chi connectivity index (χ4v) is 3.26. The second-order valence-electron chi connectivity index (χ2n) is 4.86. The molecule has 0 spiro atoms. The normalized spacial score (nSPS) is 12.8. The number of nitrogens with zero attached hydrogens (tertiary/aromatic N) is 2. The highest BCUT2D eigenvalue weighted by atomic mass is 127. The first-order valence-electron chi connectivity index (χ1n) is 6.58. The van der Waals surface area contributed by atoms with Gasteiger partial charge in [-0.2, -0.15) is 0 Å². The third kappa shape index (κ3) is 2.66. The predicted molar refractivity (Wildman–Crippen MR) is 92.2 cm³/mol. The predicted octanol–water partition coefficient (Wildman–Crippen LogP) is 5.13. The standard InChI is InChI=1S/C16H13ClFIN2/c1-10(12-4-2-3-5-13(12)18)21-15-7-6-11(19)8-14(15)20-16(21)9-17/h2-8,10H,9H2,1H3. The van der Waals surface area contributed by atoms with E-state index in [1.165, 1.54) is 6.07 Å². The number of benzene rings is 2. The van der Waals surface area contributed by atoms with E-state index in [9.17, 15) is 4.39 Å². The first-order chi connectivity index (χ1) is 10.1. The lowest BCUT2D eigenvalue weighted by molar-refractivity contribution is 0.556. The molecule has 0 fully saturated rings. The third-order valence-corrected chi connectivity index (χ3v) is 4.50. The van der Waals surface area contributed by atoms with Gasteiger partial charge in [0.05, 0.1) is 23.0 Å². The van der Waals surface area contributed by atoms with Crippen LogP contribution < -0.4 is 0 Å². The molecule has 1 heterocycles. The Morgan fingerprint density at radius 3 is 2.76 bits per heavy atom. The molecule has 1 atom stereocenters. The molecule has 2 nitrogen and oxygen atoms in total. The lowest BCUT2D eigenvalue weighted by atomic mass is 10.1. The van der Waals surface area contributed by atoms with E-state index in [2.05, 4.69) is 27.6 Å². The molecule has 1 aromatic heterocycles. The maximum Gasteiger partial charge on any atom is 0.128 e. The van der Waals surface area contributed by atoms with Crippen molar-refractivity contribution in [3.05, 3.63) is 63.2 Å². The van der Waals surface area contributed by atoms with Gasteiger partial charge in [0.25, 0.3) is 0 Å². The van der Waals surface area contributed by atoms with Crippen molar-refractivity contribution in [2.24, 2.45) is 0 Å². The van der Waals surface area contributed by atoms with Gasteiger partial charge >= 0.3 is 0 Å². The summed E-state index contributed by atoms with van der Waals surface area (Å²) in [4.78, 5) is 4.57. The molecule has 0 amide bonds. The van der Waals surface area contributed by atoms with E-state index < -0.39 is 0 Å². The van der Waals surface area contributed by atoms with Gasteiger partial charge in [0.2, 0.25) is 0 Å². The maximum atomic E-state index is 14.1. The van der Waals surface area contributed by atoms with Crippen LogP contribution in [0.2, 0.25) is 0 Å². The van der Waals surface area contributed by atoms with Crippen molar-refractivity contribution in [2.75, 3.05) is 0 Å². The van der Waals surface area contributed by atoms with Crippen LogP contribution >= 0.6 is 34.2 Å². The molecule has 3 rings (SSSR count). The molecule has 0 saturated heterocycles. The number of hydrogen-bond acceptors (Lipinski definition) is 1. The number of aromatic nitrogens is 2. The largest absolute Gasteiger partial charge is 0.320 e. The van der Waals surface area contributed by atoms with Gasteiger partial charge in [0.1, 0.15) is 11.6 Å². The highest BCUT2D eigenvalue weighted by Crippen LogP contribution is 2.29. The number of halogens is 3. The van der Waals surface area contributed by atoms with E-state index in [0.717, 1.165) is 20.4 Å². The monoisotopic (exact) mass is 414 g/mol. The summed E-state index contributed by atoms with van der Waals surface area (Å²) in [6.45, 7) is 1.97. The Labute approximate surface area is 141 Å². The maximum absolute atomic E-state index is 14.1. The molecule has 108 valence electrons. The van der Waals surface area contributed by atoms with Crippen molar-refractivity contribution < 1.29 is 4.39 Å². The fourth-order valence-electron chi connectivity index (χ4n) is 2.60. The van der Waals surface area contributed by atoms with Gasteiger partial charge in [-0.1, -0.05) is 18.2 Å². The van der Waals surface area contributed by atoms with Gasteiger partial charge in [-0.25, -0.2) is 9.37 Å². The fraction of sp³-hybridized carbons (Fsp3) is 0.188. The average Bonchev–Trinajstić information content (AvgIpc) is 2.84. The van der Waals surface area contributed by atoms with Crippen LogP contribution in [0.15, 0.2) is 42.5 Å². The quantitative estimate of drug-likeness (QED) is 0.429. The van der Waals surface area contributed by atoms with E-state index in [4.69, 9.17) is 11.6 Å². The van der Waals surface area contributed by atoms with Crippen LogP contribution in [0.4, 0.5) is 4.39 Å². The summed E-state index contributed by atoms with van der Waals surface area (Å²) in [5.74, 6) is 0.839. The van der Waals surface area contributed by atoms with Gasteiger partial charge in [-0.15, -0.1) is 11.6 Å². The molecule has 3 aromatic rings. The van der Waals surface area contributed by atoms with E-state index in [1.54, 1.807) is 12.1 Å². The molecular formula is C16H13ClFIN2. The topological polar surface area (TPSA) is 17.8 Å². The smallest absolute Gasteiger partial charge is 0.128 e. The van der Waals surface area contributed by atoms with Crippen molar-refractivity contribution in [2.45, 2.75) is 18.8 Å². The highest BCUT2D eigenvalue weighted by molar-refractivity contribution is 14.1. The van der Waals surface area contributed by atoms with Crippen molar-refractivity contribution in [1.29, 1.82) is 0 Å². The summed E-state index contributed by atoms with van der Waals surface area (Å²) >= 11 is 8.29. The molecule has 0 bridgehead atoms. The van der Waals surface area contributed by atoms with Crippen LogP contribution in [0.3, 0.4) is 0 Å². The minimum absolute atomic E-state index is 0.162. The zero-order valence-electron chi connectivity index (χ0n) is 11.4. The van der Waals surface area contributed by atoms with Gasteiger partial charge in [-0.05, 0) is 53.8 Å². The second-order valence-corrected chi connectivity index (χ2v) is 6.38. The number of alkyl halides is 1. The number of fused-ring (bicyclic) bond motifs is 1. The minimum atomic E-state index is -0.210. The SMILES string of the molecule is CC(c1ccccc1F)n1c(CCl)nc2cc(I)ccc21. The molecule has 0 aliphatic heterocycles. The molecule has 21 heavy (non-hydrogen) atoms. The molecular weight excluding hydrogens is 402 g/mol. The first-order valence-corrected chi connectivity index (χ1v) is 8.20. The van der Waals surface area contributed by atoms with Crippen LogP contribution in [0.5, 0.6) is 0 Å². The lowest BCUT2D eigenvalue weighted by Crippen LogP contribution is -2.11. The summed E-state index contributed by atoms with van der Waals surface area (Å²) in [6.07, 6.45) is 0. The Bertz CT molecular complexity index is 800. The number of rotatable bonds is 3. The van der Waals surface area contributed by atoms with Crippen LogP contribution in [0.25, 0.3) is 11.0 Å². The summed E-state index contributed by atoms with van der Waals surface area (Å²) in [5.41, 5.74) is 2.50. The molecule has 0 saturated carbocycles. The third-order valence-electron chi connectivity index (χ3n) is 3.59. The summed E-state index contributed by atoms with van der Waals surface area (Å²) in [6, 6.07) is 12.7. The Hall–Kier alpha value is -1.14. The van der Waals surface area contributed by atoms with E-state index in [-0.39, 0.29) is 11.9 Å². The molecule has 0 aliphatic rings. The summed E-state index contributed by atoms with van der Waals surface area (Å²) in [5, 5.41) is 0. The van der Waals surface area contributed by atoms with Crippen molar-refractivity contribution in [3.8, 4) is 0 Å². The summed E-state index contributed by atoms with van der Waals surface area (Å²) in [7, 11) is 0. The molecule has 2 aromatic carbocycles. The van der Waals surface area contributed by atoms with E-state index in [0.29, 0.717) is 11.4 Å². The van der Waals surface area contributed by atoms with Crippen molar-refractivity contribution >= 4 is 45.2 Å². The lowest BCUT2D eigenvalue weighted by Gasteiger charge is -2.18. The molecule has 0 aliphatic carbocycles. The van der Waals surface area contributed by atoms with Gasteiger partial charge in [-0.3, -0.25) is 0 Å². The summed E-state index contributed by atoms with van der Waals surface area (Å²) < 4.78 is 17.2. The Kier molecular flexibility index (Phi) is 4.17. The minimum Gasteiger partial charge on any atom is -0.320 e. The molecule has 1 unspecified atom stereocenters. The van der Waals surface area contributed by atoms with Gasteiger partial charge < -0.3 is 4.57 Å². The number of imidazole rings is 1.